The van der Waals surface area contributed by atoms with Crippen LogP contribution in [0.2, 0.25) is 0 Å². The molecular formula is C23H29N3O6S. The van der Waals surface area contributed by atoms with Crippen molar-refractivity contribution in [3.63, 3.8) is 0 Å². The van der Waals surface area contributed by atoms with Crippen molar-refractivity contribution in [2.45, 2.75) is 17.7 Å². The zero-order valence-electron chi connectivity index (χ0n) is 18.8. The van der Waals surface area contributed by atoms with E-state index in [4.69, 9.17) is 9.47 Å². The molecule has 2 aromatic carbocycles. The summed E-state index contributed by atoms with van der Waals surface area (Å²) in [4.78, 5) is 26.2. The van der Waals surface area contributed by atoms with Gasteiger partial charge in [0.25, 0.3) is 0 Å². The smallest absolute Gasteiger partial charge is 0.247 e. The van der Waals surface area contributed by atoms with Gasteiger partial charge in [0.05, 0.1) is 20.6 Å². The number of carbonyl (C=O) groups is 2. The summed E-state index contributed by atoms with van der Waals surface area (Å²) >= 11 is 0. The zero-order chi connectivity index (χ0) is 23.8. The summed E-state index contributed by atoms with van der Waals surface area (Å²) in [5, 5.41) is 2.76. The molecule has 3 rings (SSSR count). The van der Waals surface area contributed by atoms with Gasteiger partial charge in [-0.25, -0.2) is 8.42 Å². The first-order valence-electron chi connectivity index (χ1n) is 10.7. The van der Waals surface area contributed by atoms with Crippen LogP contribution >= 0.6 is 0 Å². The second-order valence-electron chi connectivity index (χ2n) is 7.56. The van der Waals surface area contributed by atoms with Crippen molar-refractivity contribution in [2.75, 3.05) is 46.9 Å². The summed E-state index contributed by atoms with van der Waals surface area (Å²) in [6, 6.07) is 14.0. The fourth-order valence-corrected chi connectivity index (χ4v) is 5.21. The van der Waals surface area contributed by atoms with Crippen molar-refractivity contribution in [1.29, 1.82) is 0 Å². The van der Waals surface area contributed by atoms with E-state index >= 15 is 0 Å². The van der Waals surface area contributed by atoms with E-state index in [0.29, 0.717) is 5.75 Å². The van der Waals surface area contributed by atoms with E-state index < -0.39 is 10.0 Å². The van der Waals surface area contributed by atoms with Crippen LogP contribution in [0.1, 0.15) is 12.0 Å². The van der Waals surface area contributed by atoms with Gasteiger partial charge in [0.2, 0.25) is 21.8 Å². The maximum Gasteiger partial charge on any atom is 0.247 e. The lowest BCUT2D eigenvalue weighted by atomic mass is 10.1. The Kier molecular flexibility index (Phi) is 8.29. The van der Waals surface area contributed by atoms with Gasteiger partial charge in [-0.15, -0.1) is 0 Å². The second kappa shape index (κ2) is 11.2. The molecule has 0 aromatic heterocycles. The molecule has 0 bridgehead atoms. The summed E-state index contributed by atoms with van der Waals surface area (Å²) in [7, 11) is -0.933. The lowest BCUT2D eigenvalue weighted by Crippen LogP contribution is -2.50. The van der Waals surface area contributed by atoms with Gasteiger partial charge in [0.1, 0.15) is 16.4 Å². The Balaban J connectivity index is 1.50. The molecule has 0 unspecified atom stereocenters. The SMILES string of the molecule is COc1ccc(OC)c(S(=O)(=O)N2CCN(C(=O)CCNC(=O)Cc3ccccc3)CC2)c1. The van der Waals surface area contributed by atoms with Crippen LogP contribution in [0.3, 0.4) is 0 Å². The molecule has 10 heteroatoms. The third-order valence-electron chi connectivity index (χ3n) is 5.45. The van der Waals surface area contributed by atoms with E-state index in [0.717, 1.165) is 5.56 Å². The van der Waals surface area contributed by atoms with Crippen molar-refractivity contribution in [3.05, 3.63) is 54.1 Å². The van der Waals surface area contributed by atoms with Gasteiger partial charge in [-0.05, 0) is 17.7 Å². The molecule has 1 saturated heterocycles. The van der Waals surface area contributed by atoms with Crippen LogP contribution < -0.4 is 14.8 Å². The van der Waals surface area contributed by atoms with Gasteiger partial charge >= 0.3 is 0 Å². The number of hydrogen-bond acceptors (Lipinski definition) is 6. The molecule has 33 heavy (non-hydrogen) atoms. The van der Waals surface area contributed by atoms with Crippen LogP contribution in [0.15, 0.2) is 53.4 Å². The maximum absolute atomic E-state index is 13.1. The highest BCUT2D eigenvalue weighted by molar-refractivity contribution is 7.89. The zero-order valence-corrected chi connectivity index (χ0v) is 19.6. The number of amides is 2. The quantitative estimate of drug-likeness (QED) is 0.586. The molecule has 1 fully saturated rings. The van der Waals surface area contributed by atoms with E-state index in [9.17, 15) is 18.0 Å². The minimum atomic E-state index is -3.81. The lowest BCUT2D eigenvalue weighted by Gasteiger charge is -2.34. The first-order chi connectivity index (χ1) is 15.8. The van der Waals surface area contributed by atoms with Crippen molar-refractivity contribution in [2.24, 2.45) is 0 Å². The Morgan fingerprint density at radius 1 is 0.970 bits per heavy atom. The summed E-state index contributed by atoms with van der Waals surface area (Å²) in [5.74, 6) is 0.390. The number of carbonyl (C=O) groups excluding carboxylic acids is 2. The number of sulfonamides is 1. The molecule has 1 heterocycles. The topological polar surface area (TPSA) is 105 Å². The van der Waals surface area contributed by atoms with Crippen LogP contribution in [-0.2, 0) is 26.0 Å². The molecule has 0 aliphatic carbocycles. The molecule has 2 aromatic rings. The summed E-state index contributed by atoms with van der Waals surface area (Å²) < 4.78 is 38.0. The number of hydrogen-bond donors (Lipinski definition) is 1. The van der Waals surface area contributed by atoms with Crippen molar-refractivity contribution in [1.82, 2.24) is 14.5 Å². The average Bonchev–Trinajstić information content (AvgIpc) is 2.84. The van der Waals surface area contributed by atoms with Crippen LogP contribution in [0.5, 0.6) is 11.5 Å². The van der Waals surface area contributed by atoms with E-state index in [2.05, 4.69) is 5.32 Å². The number of benzene rings is 2. The van der Waals surface area contributed by atoms with Gasteiger partial charge in [-0.1, -0.05) is 30.3 Å². The standard InChI is InChI=1S/C23H29N3O6S/c1-31-19-8-9-20(32-2)21(17-19)33(29,30)26-14-12-25(13-15-26)23(28)10-11-24-22(27)16-18-6-4-3-5-7-18/h3-9,17H,10-16H2,1-2H3,(H,24,27). The number of methoxy groups -OCH3 is 2. The van der Waals surface area contributed by atoms with E-state index in [-0.39, 0.29) is 68.0 Å². The third kappa shape index (κ3) is 6.23. The van der Waals surface area contributed by atoms with E-state index in [1.807, 2.05) is 30.3 Å². The molecule has 1 N–H and O–H groups in total. The van der Waals surface area contributed by atoms with E-state index in [1.165, 1.54) is 24.6 Å². The Morgan fingerprint density at radius 2 is 1.67 bits per heavy atom. The predicted octanol–water partition coefficient (Wildman–Crippen LogP) is 1.29. The Labute approximate surface area is 194 Å². The Hall–Kier alpha value is -3.11. The lowest BCUT2D eigenvalue weighted by molar-refractivity contribution is -0.132. The Morgan fingerprint density at radius 3 is 2.30 bits per heavy atom. The molecular weight excluding hydrogens is 446 g/mol. The monoisotopic (exact) mass is 475 g/mol. The predicted molar refractivity (Wildman–Crippen MR) is 123 cm³/mol. The molecule has 9 nitrogen and oxygen atoms in total. The molecule has 0 spiro atoms. The molecule has 0 atom stereocenters. The molecule has 1 aliphatic heterocycles. The summed E-state index contributed by atoms with van der Waals surface area (Å²) in [6.07, 6.45) is 0.427. The minimum absolute atomic E-state index is 0.0326. The fourth-order valence-electron chi connectivity index (χ4n) is 3.61. The van der Waals surface area contributed by atoms with Crippen molar-refractivity contribution < 1.29 is 27.5 Å². The number of piperazine rings is 1. The van der Waals surface area contributed by atoms with Gasteiger partial charge in [0, 0.05) is 45.2 Å². The van der Waals surface area contributed by atoms with E-state index in [1.54, 1.807) is 17.0 Å². The fraction of sp³-hybridized carbons (Fsp3) is 0.391. The number of nitrogens with one attached hydrogen (secondary N) is 1. The number of nitrogens with zero attached hydrogens (tertiary/aromatic N) is 2. The molecule has 178 valence electrons. The molecule has 0 radical (unpaired) electrons. The average molecular weight is 476 g/mol. The van der Waals surface area contributed by atoms with Crippen LogP contribution in [0, 0.1) is 0 Å². The third-order valence-corrected chi connectivity index (χ3v) is 7.37. The van der Waals surface area contributed by atoms with Gasteiger partial charge < -0.3 is 19.7 Å². The first-order valence-corrected chi connectivity index (χ1v) is 12.1. The van der Waals surface area contributed by atoms with Crippen LogP contribution in [0.4, 0.5) is 0 Å². The highest BCUT2D eigenvalue weighted by atomic mass is 32.2. The largest absolute Gasteiger partial charge is 0.497 e. The minimum Gasteiger partial charge on any atom is -0.497 e. The highest BCUT2D eigenvalue weighted by Gasteiger charge is 2.32. The van der Waals surface area contributed by atoms with Crippen molar-refractivity contribution in [3.8, 4) is 11.5 Å². The number of ether oxygens (including phenoxy) is 2. The highest BCUT2D eigenvalue weighted by Crippen LogP contribution is 2.31. The maximum atomic E-state index is 13.1. The number of rotatable bonds is 9. The van der Waals surface area contributed by atoms with Gasteiger partial charge in [0.15, 0.2) is 0 Å². The van der Waals surface area contributed by atoms with Crippen molar-refractivity contribution >= 4 is 21.8 Å². The van der Waals surface area contributed by atoms with Gasteiger partial charge in [-0.2, -0.15) is 4.31 Å². The molecule has 0 saturated carbocycles. The molecule has 2 amide bonds. The normalized spacial score (nSPS) is 14.5. The summed E-state index contributed by atoms with van der Waals surface area (Å²) in [5.41, 5.74) is 0.909. The Bertz CT molecular complexity index is 1070. The van der Waals surface area contributed by atoms with Crippen LogP contribution in [0.25, 0.3) is 0 Å². The summed E-state index contributed by atoms with van der Waals surface area (Å²) in [6.45, 7) is 1.15. The van der Waals surface area contributed by atoms with Gasteiger partial charge in [-0.3, -0.25) is 9.59 Å². The second-order valence-corrected chi connectivity index (χ2v) is 9.47. The van der Waals surface area contributed by atoms with Crippen LogP contribution in [-0.4, -0.2) is 76.4 Å². The molecule has 1 aliphatic rings. The first kappa shape index (κ1) is 24.5.